The summed E-state index contributed by atoms with van der Waals surface area (Å²) in [7, 11) is 1.84. The summed E-state index contributed by atoms with van der Waals surface area (Å²) in [6, 6.07) is 6.43. The highest BCUT2D eigenvalue weighted by Gasteiger charge is 2.31. The topological polar surface area (TPSA) is 36.4 Å². The van der Waals surface area contributed by atoms with Crippen molar-refractivity contribution in [3.8, 4) is 0 Å². The average Bonchev–Trinajstić information content (AvgIpc) is 2.63. The van der Waals surface area contributed by atoms with Crippen LogP contribution in [-0.2, 0) is 0 Å². The van der Waals surface area contributed by atoms with Crippen molar-refractivity contribution >= 4 is 24.2 Å². The van der Waals surface area contributed by atoms with Gasteiger partial charge in [0.2, 0.25) is 0 Å². The van der Waals surface area contributed by atoms with Gasteiger partial charge in [0.25, 0.3) is 0 Å². The molecule has 2 N–H and O–H groups in total. The number of aliphatic imine (C=N–C) groups is 1. The zero-order valence-corrected chi connectivity index (χ0v) is 16.6. The largest absolute Gasteiger partial charge is 0.356 e. The van der Waals surface area contributed by atoms with E-state index in [1.165, 1.54) is 17.7 Å². The third-order valence-corrected chi connectivity index (χ3v) is 4.96. The van der Waals surface area contributed by atoms with E-state index in [9.17, 15) is 4.39 Å². The van der Waals surface area contributed by atoms with E-state index < -0.39 is 0 Å². The van der Waals surface area contributed by atoms with Crippen molar-refractivity contribution in [3.63, 3.8) is 0 Å². The first-order chi connectivity index (χ1) is 12.5. The number of nitrogens with one attached hydrogen (secondary N) is 2. The lowest BCUT2D eigenvalue weighted by atomic mass is 9.71. The summed E-state index contributed by atoms with van der Waals surface area (Å²) in [5.74, 6) is -0.229. The van der Waals surface area contributed by atoms with E-state index in [0.29, 0.717) is 0 Å². The van der Waals surface area contributed by atoms with Crippen molar-refractivity contribution in [3.05, 3.63) is 65.7 Å². The SMILES string of the molecule is C/C=C\C(CC1(C)CC=C(Nc2ccc(F)cc2)C=C1CCNS)=NC. The fourth-order valence-electron chi connectivity index (χ4n) is 3.23. The second kappa shape index (κ2) is 9.74. The van der Waals surface area contributed by atoms with E-state index in [-0.39, 0.29) is 11.2 Å². The Morgan fingerprint density at radius 1 is 1.35 bits per heavy atom. The van der Waals surface area contributed by atoms with Crippen molar-refractivity contribution in [2.24, 2.45) is 10.4 Å². The number of halogens is 1. The smallest absolute Gasteiger partial charge is 0.123 e. The van der Waals surface area contributed by atoms with Crippen molar-refractivity contribution in [2.75, 3.05) is 18.9 Å². The first kappa shape index (κ1) is 20.5. The number of hydrogen-bond acceptors (Lipinski definition) is 4. The molecule has 1 aliphatic rings. The molecule has 26 heavy (non-hydrogen) atoms. The lowest BCUT2D eigenvalue weighted by Crippen LogP contribution is -2.27. The van der Waals surface area contributed by atoms with Crippen LogP contribution in [0.2, 0.25) is 0 Å². The summed E-state index contributed by atoms with van der Waals surface area (Å²) in [5.41, 5.74) is 4.41. The van der Waals surface area contributed by atoms with Crippen LogP contribution in [0.1, 0.15) is 33.1 Å². The van der Waals surface area contributed by atoms with Crippen LogP contribution in [0.3, 0.4) is 0 Å². The van der Waals surface area contributed by atoms with Gasteiger partial charge in [0.1, 0.15) is 5.82 Å². The highest BCUT2D eigenvalue weighted by molar-refractivity contribution is 7.78. The van der Waals surface area contributed by atoms with Gasteiger partial charge in [-0.15, -0.1) is 0 Å². The molecule has 0 amide bonds. The molecule has 0 aromatic heterocycles. The summed E-state index contributed by atoms with van der Waals surface area (Å²) in [4.78, 5) is 4.43. The monoisotopic (exact) mass is 373 g/mol. The first-order valence-electron chi connectivity index (χ1n) is 8.90. The quantitative estimate of drug-likeness (QED) is 0.426. The molecule has 2 rings (SSSR count). The maximum absolute atomic E-state index is 13.1. The number of rotatable bonds is 8. The van der Waals surface area contributed by atoms with Gasteiger partial charge in [-0.25, -0.2) is 4.39 Å². The van der Waals surface area contributed by atoms with Crippen molar-refractivity contribution < 1.29 is 4.39 Å². The third-order valence-electron chi connectivity index (χ3n) is 4.73. The fourth-order valence-corrected chi connectivity index (χ4v) is 3.34. The Balaban J connectivity index is 2.21. The Hall–Kier alpha value is -1.85. The number of nitrogens with zero attached hydrogens (tertiary/aromatic N) is 1. The van der Waals surface area contributed by atoms with E-state index in [1.54, 1.807) is 12.1 Å². The average molecular weight is 374 g/mol. The second-order valence-electron chi connectivity index (χ2n) is 6.78. The molecule has 1 aliphatic carbocycles. The Kier molecular flexibility index (Phi) is 7.66. The number of allylic oxidation sites excluding steroid dienone is 4. The summed E-state index contributed by atoms with van der Waals surface area (Å²) in [6.45, 7) is 5.11. The van der Waals surface area contributed by atoms with Crippen LogP contribution >= 0.6 is 12.8 Å². The number of hydrogen-bond donors (Lipinski definition) is 3. The van der Waals surface area contributed by atoms with Gasteiger partial charge in [0, 0.05) is 30.7 Å². The molecule has 1 aromatic carbocycles. The number of benzene rings is 1. The van der Waals surface area contributed by atoms with E-state index >= 15 is 0 Å². The Labute approximate surface area is 161 Å². The molecule has 5 heteroatoms. The lowest BCUT2D eigenvalue weighted by molar-refractivity contribution is 0.400. The van der Waals surface area contributed by atoms with E-state index in [4.69, 9.17) is 0 Å². The molecule has 0 radical (unpaired) electrons. The predicted octanol–water partition coefficient (Wildman–Crippen LogP) is 5.32. The number of thiol groups is 1. The summed E-state index contributed by atoms with van der Waals surface area (Å²) < 4.78 is 16.0. The second-order valence-corrected chi connectivity index (χ2v) is 7.09. The molecular weight excluding hydrogens is 345 g/mol. The molecule has 0 spiro atoms. The molecule has 140 valence electrons. The van der Waals surface area contributed by atoms with Gasteiger partial charge in [0.05, 0.1) is 0 Å². The Morgan fingerprint density at radius 3 is 2.69 bits per heavy atom. The van der Waals surface area contributed by atoms with Crippen LogP contribution in [-0.4, -0.2) is 19.3 Å². The van der Waals surface area contributed by atoms with Crippen LogP contribution in [0, 0.1) is 11.2 Å². The van der Waals surface area contributed by atoms with Gasteiger partial charge in [-0.3, -0.25) is 9.71 Å². The zero-order chi connectivity index (χ0) is 19.0. The van der Waals surface area contributed by atoms with Crippen molar-refractivity contribution in [1.29, 1.82) is 0 Å². The lowest BCUT2D eigenvalue weighted by Gasteiger charge is -2.35. The van der Waals surface area contributed by atoms with Gasteiger partial charge in [0.15, 0.2) is 0 Å². The molecule has 3 nitrogen and oxygen atoms in total. The molecule has 1 aromatic rings. The van der Waals surface area contributed by atoms with Crippen molar-refractivity contribution in [2.45, 2.75) is 33.1 Å². The summed E-state index contributed by atoms with van der Waals surface area (Å²) >= 11 is 4.13. The predicted molar refractivity (Wildman–Crippen MR) is 113 cm³/mol. The fraction of sp³-hybridized carbons (Fsp3) is 0.381. The zero-order valence-electron chi connectivity index (χ0n) is 15.7. The minimum Gasteiger partial charge on any atom is -0.356 e. The van der Waals surface area contributed by atoms with Crippen LogP contribution in [0.15, 0.2) is 64.8 Å². The summed E-state index contributed by atoms with van der Waals surface area (Å²) in [6.07, 6.45) is 11.3. The van der Waals surface area contributed by atoms with Crippen LogP contribution in [0.4, 0.5) is 10.1 Å². The molecule has 0 aliphatic heterocycles. The maximum atomic E-state index is 13.1. The van der Waals surface area contributed by atoms with E-state index in [2.05, 4.69) is 53.0 Å². The van der Waals surface area contributed by atoms with Crippen LogP contribution in [0.25, 0.3) is 0 Å². The molecule has 0 saturated heterocycles. The highest BCUT2D eigenvalue weighted by atomic mass is 32.1. The normalized spacial score (nSPS) is 20.9. The van der Waals surface area contributed by atoms with Gasteiger partial charge in [-0.1, -0.05) is 37.5 Å². The third kappa shape index (κ3) is 5.58. The molecule has 0 bridgehead atoms. The van der Waals surface area contributed by atoms with Gasteiger partial charge in [-0.05, 0) is 68.0 Å². The molecule has 1 atom stereocenters. The van der Waals surface area contributed by atoms with Gasteiger partial charge < -0.3 is 5.32 Å². The molecule has 0 saturated carbocycles. The minimum absolute atomic E-state index is 0.0208. The molecular formula is C21H28FN3S. The Bertz CT molecular complexity index is 719. The minimum atomic E-state index is -0.229. The molecule has 0 heterocycles. The van der Waals surface area contributed by atoms with Crippen LogP contribution in [0.5, 0.6) is 0 Å². The van der Waals surface area contributed by atoms with Crippen molar-refractivity contribution in [1.82, 2.24) is 4.72 Å². The van der Waals surface area contributed by atoms with E-state index in [1.807, 2.05) is 20.0 Å². The standard InChI is InChI=1S/C21H28FN3S/c1-4-5-20(23-3)15-21(2)12-10-19(14-16(21)11-13-24-26)25-18-8-6-17(22)7-9-18/h4-10,14,24-26H,11-13,15H2,1-3H3/b5-4-,23-20?. The first-order valence-corrected chi connectivity index (χ1v) is 9.34. The van der Waals surface area contributed by atoms with Crippen LogP contribution < -0.4 is 10.0 Å². The maximum Gasteiger partial charge on any atom is 0.123 e. The molecule has 0 fully saturated rings. The molecule has 1 unspecified atom stereocenters. The van der Waals surface area contributed by atoms with Gasteiger partial charge in [-0.2, -0.15) is 0 Å². The highest BCUT2D eigenvalue weighted by Crippen LogP contribution is 2.41. The van der Waals surface area contributed by atoms with Gasteiger partial charge >= 0.3 is 0 Å². The number of anilines is 1. The van der Waals surface area contributed by atoms with E-state index in [0.717, 1.165) is 42.9 Å². The Morgan fingerprint density at radius 2 is 2.08 bits per heavy atom. The summed E-state index contributed by atoms with van der Waals surface area (Å²) in [5, 5.41) is 3.38.